The van der Waals surface area contributed by atoms with Crippen molar-refractivity contribution in [1.29, 1.82) is 0 Å². The third-order valence-electron chi connectivity index (χ3n) is 0.649. The molecule has 1 aliphatic heterocycles. The van der Waals surface area contributed by atoms with Crippen molar-refractivity contribution in [3.05, 3.63) is 29.7 Å². The molecule has 0 N–H and O–H groups in total. The maximum atomic E-state index is 3.91. The van der Waals surface area contributed by atoms with Crippen molar-refractivity contribution in [2.75, 3.05) is 6.54 Å². The topological polar surface area (TPSA) is 14.1 Å². The molecule has 1 aliphatic rings. The van der Waals surface area contributed by atoms with Crippen LogP contribution in [0.4, 0.5) is 0 Å². The van der Waals surface area contributed by atoms with Crippen molar-refractivity contribution >= 4 is 0 Å². The molecule has 0 spiro atoms. The summed E-state index contributed by atoms with van der Waals surface area (Å²) in [6.45, 7) is 0.858. The molecule has 0 aromatic carbocycles. The minimum absolute atomic E-state index is 0. The zero-order chi connectivity index (χ0) is 4.24. The summed E-state index contributed by atoms with van der Waals surface area (Å²) < 4.78 is 0. The molecule has 0 aromatic heterocycles. The Bertz CT molecular complexity index is 74.1. The van der Waals surface area contributed by atoms with E-state index in [-0.39, 0.29) is 20.4 Å². The molecular weight excluding hydrogens is 180 g/mol. The Morgan fingerprint density at radius 2 is 2.14 bits per heavy atom. The van der Waals surface area contributed by atoms with E-state index in [2.05, 4.69) is 5.32 Å². The third kappa shape index (κ3) is 2.62. The van der Waals surface area contributed by atoms with E-state index in [0.717, 1.165) is 6.54 Å². The fourth-order valence-corrected chi connectivity index (χ4v) is 0.372. The zero-order valence-corrected chi connectivity index (χ0v) is 5.33. The van der Waals surface area contributed by atoms with Crippen LogP contribution in [0, 0.1) is 0 Å². The maximum absolute atomic E-state index is 3.91. The van der Waals surface area contributed by atoms with Gasteiger partial charge in [0.25, 0.3) is 0 Å². The summed E-state index contributed by atoms with van der Waals surface area (Å²) in [7, 11) is 0. The van der Waals surface area contributed by atoms with Gasteiger partial charge in [-0.15, -0.1) is 12.6 Å². The zero-order valence-electron chi connectivity index (χ0n) is 3.78. The van der Waals surface area contributed by atoms with Crippen molar-refractivity contribution < 1.29 is 20.4 Å². The number of hydrogen-bond donors (Lipinski definition) is 0. The minimum Gasteiger partial charge on any atom is -0.687 e. The molecule has 0 bridgehead atoms. The Morgan fingerprint density at radius 1 is 1.29 bits per heavy atom. The second-order valence-electron chi connectivity index (χ2n) is 1.13. The van der Waals surface area contributed by atoms with Crippen LogP contribution in [0.25, 0.3) is 5.32 Å². The summed E-state index contributed by atoms with van der Waals surface area (Å²) >= 11 is 0. The molecule has 1 rings (SSSR count). The van der Waals surface area contributed by atoms with E-state index in [0.29, 0.717) is 0 Å². The molecule has 0 fully saturated rings. The van der Waals surface area contributed by atoms with Gasteiger partial charge in [0.05, 0.1) is 0 Å². The molecule has 2 heteroatoms. The van der Waals surface area contributed by atoms with Crippen molar-refractivity contribution in [2.24, 2.45) is 0 Å². The van der Waals surface area contributed by atoms with Crippen molar-refractivity contribution in [3.63, 3.8) is 0 Å². The van der Waals surface area contributed by atoms with Crippen LogP contribution in [0.5, 0.6) is 0 Å². The van der Waals surface area contributed by atoms with Crippen molar-refractivity contribution in [1.82, 2.24) is 0 Å². The van der Waals surface area contributed by atoms with Gasteiger partial charge >= 0.3 is 0 Å². The standard InChI is InChI=1S/C5H6N.Pd/c1-2-4-6-5-3-1;/h1-4H,5H2;/q-1;. The number of allylic oxidation sites excluding steroid dienone is 2. The Morgan fingerprint density at radius 3 is 2.29 bits per heavy atom. The van der Waals surface area contributed by atoms with Crippen LogP contribution < -0.4 is 0 Å². The quantitative estimate of drug-likeness (QED) is 0.509. The van der Waals surface area contributed by atoms with Gasteiger partial charge in [-0.1, -0.05) is 12.2 Å². The summed E-state index contributed by atoms with van der Waals surface area (Å²) in [5, 5.41) is 3.91. The SMILES string of the molecule is C1=CC[N-]C=C1.[Pd]. The van der Waals surface area contributed by atoms with Gasteiger partial charge in [-0.2, -0.15) is 6.20 Å². The summed E-state index contributed by atoms with van der Waals surface area (Å²) in [6, 6.07) is 0. The average Bonchev–Trinajstić information content (AvgIpc) is 1.72. The van der Waals surface area contributed by atoms with E-state index < -0.39 is 0 Å². The molecule has 0 aliphatic carbocycles. The molecule has 0 saturated heterocycles. The number of hydrogen-bond acceptors (Lipinski definition) is 0. The molecule has 0 saturated carbocycles. The maximum Gasteiger partial charge on any atom is 0 e. The van der Waals surface area contributed by atoms with Crippen LogP contribution in [0.3, 0.4) is 0 Å². The van der Waals surface area contributed by atoms with Crippen LogP contribution >= 0.6 is 0 Å². The first kappa shape index (κ1) is 6.94. The van der Waals surface area contributed by atoms with Crippen LogP contribution in [-0.4, -0.2) is 6.54 Å². The first-order chi connectivity index (χ1) is 3.00. The molecule has 7 heavy (non-hydrogen) atoms. The van der Waals surface area contributed by atoms with E-state index in [1.54, 1.807) is 6.20 Å². The van der Waals surface area contributed by atoms with E-state index >= 15 is 0 Å². The van der Waals surface area contributed by atoms with Gasteiger partial charge in [0.1, 0.15) is 0 Å². The molecule has 1 nitrogen and oxygen atoms in total. The van der Waals surface area contributed by atoms with Gasteiger partial charge in [0.15, 0.2) is 0 Å². The predicted molar refractivity (Wildman–Crippen MR) is 26.5 cm³/mol. The van der Waals surface area contributed by atoms with Crippen LogP contribution in [0.15, 0.2) is 24.4 Å². The Balaban J connectivity index is 0.000000360. The molecule has 0 radical (unpaired) electrons. The summed E-state index contributed by atoms with van der Waals surface area (Å²) in [6.07, 6.45) is 7.73. The molecule has 0 unspecified atom stereocenters. The Kier molecular flexibility index (Phi) is 4.08. The largest absolute Gasteiger partial charge is 0.687 e. The van der Waals surface area contributed by atoms with Gasteiger partial charge in [-0.25, -0.2) is 0 Å². The van der Waals surface area contributed by atoms with Gasteiger partial charge in [-0.3, -0.25) is 0 Å². The smallest absolute Gasteiger partial charge is 0 e. The van der Waals surface area contributed by atoms with E-state index in [1.165, 1.54) is 0 Å². The van der Waals surface area contributed by atoms with E-state index in [4.69, 9.17) is 0 Å². The third-order valence-corrected chi connectivity index (χ3v) is 0.649. The number of nitrogens with zero attached hydrogens (tertiary/aromatic N) is 1. The van der Waals surface area contributed by atoms with Crippen LogP contribution in [-0.2, 0) is 20.4 Å². The fraction of sp³-hybridized carbons (Fsp3) is 0.200. The normalized spacial score (nSPS) is 14.9. The van der Waals surface area contributed by atoms with E-state index in [1.807, 2.05) is 18.2 Å². The minimum atomic E-state index is 0. The predicted octanol–water partition coefficient (Wildman–Crippen LogP) is 1.44. The second kappa shape index (κ2) is 4.11. The fourth-order valence-electron chi connectivity index (χ4n) is 0.372. The van der Waals surface area contributed by atoms with Crippen LogP contribution in [0.2, 0.25) is 0 Å². The first-order valence-corrected chi connectivity index (χ1v) is 1.98. The van der Waals surface area contributed by atoms with Gasteiger partial charge in [-0.05, 0) is 0 Å². The summed E-state index contributed by atoms with van der Waals surface area (Å²) in [5.41, 5.74) is 0. The second-order valence-corrected chi connectivity index (χ2v) is 1.13. The molecule has 0 aromatic rings. The van der Waals surface area contributed by atoms with Crippen LogP contribution in [0.1, 0.15) is 0 Å². The molecular formula is C5H6NPd-. The molecule has 0 atom stereocenters. The van der Waals surface area contributed by atoms with Gasteiger partial charge in [0, 0.05) is 20.4 Å². The van der Waals surface area contributed by atoms with E-state index in [9.17, 15) is 0 Å². The first-order valence-electron chi connectivity index (χ1n) is 1.98. The Hall–Kier alpha value is -0.0577. The summed E-state index contributed by atoms with van der Waals surface area (Å²) in [4.78, 5) is 0. The molecule has 42 valence electrons. The molecule has 0 amide bonds. The Labute approximate surface area is 57.1 Å². The molecule has 1 heterocycles. The van der Waals surface area contributed by atoms with Gasteiger partial charge in [0.2, 0.25) is 0 Å². The van der Waals surface area contributed by atoms with Crippen molar-refractivity contribution in [3.8, 4) is 0 Å². The average molecular weight is 187 g/mol. The number of rotatable bonds is 0. The monoisotopic (exact) mass is 186 g/mol. The summed E-state index contributed by atoms with van der Waals surface area (Å²) in [5.74, 6) is 0. The van der Waals surface area contributed by atoms with Gasteiger partial charge < -0.3 is 5.32 Å². The van der Waals surface area contributed by atoms with Crippen molar-refractivity contribution in [2.45, 2.75) is 0 Å².